The number of nitriles is 1. The second-order valence-electron chi connectivity index (χ2n) is 5.45. The van der Waals surface area contributed by atoms with E-state index in [9.17, 15) is 18.1 Å². The normalized spacial score (nSPS) is 11.6. The molecule has 0 N–H and O–H groups in total. The summed E-state index contributed by atoms with van der Waals surface area (Å²) >= 11 is 0. The lowest BCUT2D eigenvalue weighted by molar-refractivity contribution is 0.374. The van der Waals surface area contributed by atoms with Crippen LogP contribution in [0.2, 0.25) is 0 Å². The second-order valence-corrected chi connectivity index (χ2v) is 7.41. The lowest BCUT2D eigenvalue weighted by atomic mass is 10.1. The Labute approximate surface area is 157 Å². The molecule has 0 aliphatic rings. The zero-order chi connectivity index (χ0) is 20.0. The molecule has 0 heterocycles. The van der Waals surface area contributed by atoms with E-state index in [-0.39, 0.29) is 11.5 Å². The fourth-order valence-corrected chi connectivity index (χ4v) is 3.60. The molecule has 0 bridgehead atoms. The highest BCUT2D eigenvalue weighted by Crippen LogP contribution is 2.36. The first-order valence-corrected chi connectivity index (χ1v) is 9.39. The summed E-state index contributed by atoms with van der Waals surface area (Å²) in [6, 6.07) is 9.85. The molecule has 27 heavy (non-hydrogen) atoms. The lowest BCUT2D eigenvalue weighted by Crippen LogP contribution is -2.07. The summed E-state index contributed by atoms with van der Waals surface area (Å²) in [6.45, 7) is 0. The molecule has 0 amide bonds. The third-order valence-electron chi connectivity index (χ3n) is 3.74. The van der Waals surface area contributed by atoms with Gasteiger partial charge in [-0.1, -0.05) is 12.1 Å². The van der Waals surface area contributed by atoms with E-state index in [1.807, 2.05) is 0 Å². The molecule has 2 aromatic rings. The molecular formula is C19H18FNO5S. The molecule has 0 saturated heterocycles. The zero-order valence-corrected chi connectivity index (χ0v) is 15.8. The van der Waals surface area contributed by atoms with Gasteiger partial charge in [0.25, 0.3) is 0 Å². The van der Waals surface area contributed by atoms with E-state index < -0.39 is 26.3 Å². The minimum Gasteiger partial charge on any atom is -0.496 e. The van der Waals surface area contributed by atoms with Crippen molar-refractivity contribution in [3.05, 3.63) is 58.2 Å². The van der Waals surface area contributed by atoms with Crippen LogP contribution < -0.4 is 14.2 Å². The van der Waals surface area contributed by atoms with Crippen LogP contribution in [0.5, 0.6) is 17.2 Å². The minimum absolute atomic E-state index is 0.288. The second kappa shape index (κ2) is 8.56. The van der Waals surface area contributed by atoms with Crippen LogP contribution >= 0.6 is 0 Å². The van der Waals surface area contributed by atoms with Crippen molar-refractivity contribution >= 4 is 15.9 Å². The quantitative estimate of drug-likeness (QED) is 0.673. The standard InChI is InChI=1S/C19H18FNO5S/c1-24-15-8-18(25-2)17(19(9-15)26-3)10-16(11-21)27(22,23)12-13-4-6-14(20)7-5-13/h4-10H,12H2,1-3H3. The number of hydrogen-bond donors (Lipinski definition) is 0. The summed E-state index contributed by atoms with van der Waals surface area (Å²) in [5, 5.41) is 9.41. The van der Waals surface area contributed by atoms with Gasteiger partial charge >= 0.3 is 0 Å². The molecule has 0 saturated carbocycles. The van der Waals surface area contributed by atoms with Crippen LogP contribution in [-0.4, -0.2) is 29.7 Å². The van der Waals surface area contributed by atoms with E-state index >= 15 is 0 Å². The zero-order valence-electron chi connectivity index (χ0n) is 15.0. The first-order chi connectivity index (χ1) is 12.8. The highest BCUT2D eigenvalue weighted by molar-refractivity contribution is 7.95. The van der Waals surface area contributed by atoms with Crippen molar-refractivity contribution in [3.63, 3.8) is 0 Å². The van der Waals surface area contributed by atoms with Gasteiger partial charge in [0.15, 0.2) is 9.84 Å². The van der Waals surface area contributed by atoms with Crippen molar-refractivity contribution < 1.29 is 27.0 Å². The largest absolute Gasteiger partial charge is 0.496 e. The van der Waals surface area contributed by atoms with Crippen LogP contribution in [0.1, 0.15) is 11.1 Å². The lowest BCUT2D eigenvalue weighted by Gasteiger charge is -2.13. The molecule has 0 aliphatic heterocycles. The molecule has 6 nitrogen and oxygen atoms in total. The van der Waals surface area contributed by atoms with Crippen LogP contribution in [0.4, 0.5) is 4.39 Å². The van der Waals surface area contributed by atoms with Crippen LogP contribution in [0.3, 0.4) is 0 Å². The van der Waals surface area contributed by atoms with Gasteiger partial charge in [0.1, 0.15) is 34.0 Å². The molecule has 2 rings (SSSR count). The fourth-order valence-electron chi connectivity index (χ4n) is 2.38. The molecule has 0 radical (unpaired) electrons. The molecule has 0 spiro atoms. The predicted octanol–water partition coefficient (Wildman–Crippen LogP) is 3.33. The number of nitrogens with zero attached hydrogens (tertiary/aromatic N) is 1. The van der Waals surface area contributed by atoms with Crippen molar-refractivity contribution in [1.29, 1.82) is 5.26 Å². The first-order valence-electron chi connectivity index (χ1n) is 7.73. The molecule has 142 valence electrons. The van der Waals surface area contributed by atoms with E-state index in [1.165, 1.54) is 39.5 Å². The fraction of sp³-hybridized carbons (Fsp3) is 0.211. The van der Waals surface area contributed by atoms with Crippen LogP contribution in [0.15, 0.2) is 41.3 Å². The maximum absolute atomic E-state index is 13.0. The Morgan fingerprint density at radius 1 is 1.07 bits per heavy atom. The average molecular weight is 391 g/mol. The molecule has 0 unspecified atom stereocenters. The van der Waals surface area contributed by atoms with Gasteiger partial charge in [0.2, 0.25) is 0 Å². The molecule has 2 aromatic carbocycles. The van der Waals surface area contributed by atoms with Gasteiger partial charge in [-0.25, -0.2) is 12.8 Å². The number of ether oxygens (including phenoxy) is 3. The van der Waals surface area contributed by atoms with Crippen molar-refractivity contribution in [2.75, 3.05) is 21.3 Å². The van der Waals surface area contributed by atoms with Gasteiger partial charge in [-0.3, -0.25) is 0 Å². The van der Waals surface area contributed by atoms with Crippen molar-refractivity contribution in [2.45, 2.75) is 5.75 Å². The van der Waals surface area contributed by atoms with Gasteiger partial charge in [-0.15, -0.1) is 0 Å². The summed E-state index contributed by atoms with van der Waals surface area (Å²) in [5.41, 5.74) is 0.659. The Hall–Kier alpha value is -3.05. The van der Waals surface area contributed by atoms with E-state index in [0.29, 0.717) is 16.9 Å². The summed E-state index contributed by atoms with van der Waals surface area (Å²) < 4.78 is 54.0. The third kappa shape index (κ3) is 4.77. The number of allylic oxidation sites excluding steroid dienone is 1. The van der Waals surface area contributed by atoms with Gasteiger partial charge in [0, 0.05) is 12.1 Å². The number of hydrogen-bond acceptors (Lipinski definition) is 6. The number of halogens is 1. The minimum atomic E-state index is -3.97. The van der Waals surface area contributed by atoms with Gasteiger partial charge < -0.3 is 14.2 Å². The Morgan fingerprint density at radius 3 is 2.07 bits per heavy atom. The Balaban J connectivity index is 2.51. The van der Waals surface area contributed by atoms with E-state index in [1.54, 1.807) is 18.2 Å². The van der Waals surface area contributed by atoms with Gasteiger partial charge in [-0.05, 0) is 23.8 Å². The van der Waals surface area contributed by atoms with Crippen molar-refractivity contribution in [2.24, 2.45) is 0 Å². The highest BCUT2D eigenvalue weighted by atomic mass is 32.2. The number of benzene rings is 2. The summed E-state index contributed by atoms with van der Waals surface area (Å²) in [4.78, 5) is -0.464. The Morgan fingerprint density at radius 2 is 1.63 bits per heavy atom. The topological polar surface area (TPSA) is 85.6 Å². The highest BCUT2D eigenvalue weighted by Gasteiger charge is 2.21. The van der Waals surface area contributed by atoms with Gasteiger partial charge in [0.05, 0.1) is 32.6 Å². The van der Waals surface area contributed by atoms with Crippen LogP contribution in [-0.2, 0) is 15.6 Å². The third-order valence-corrected chi connectivity index (χ3v) is 5.34. The molecule has 0 aliphatic carbocycles. The predicted molar refractivity (Wildman–Crippen MR) is 98.7 cm³/mol. The summed E-state index contributed by atoms with van der Waals surface area (Å²) in [6.07, 6.45) is 1.19. The van der Waals surface area contributed by atoms with Crippen LogP contribution in [0, 0.1) is 17.1 Å². The number of methoxy groups -OCH3 is 3. The monoisotopic (exact) mass is 391 g/mol. The molecule has 0 aromatic heterocycles. The smallest absolute Gasteiger partial charge is 0.192 e. The maximum Gasteiger partial charge on any atom is 0.192 e. The number of sulfone groups is 1. The summed E-state index contributed by atoms with van der Waals surface area (Å²) in [7, 11) is 0.318. The van der Waals surface area contributed by atoms with Crippen molar-refractivity contribution in [1.82, 2.24) is 0 Å². The average Bonchev–Trinajstić information content (AvgIpc) is 2.66. The van der Waals surface area contributed by atoms with E-state index in [0.717, 1.165) is 12.1 Å². The SMILES string of the molecule is COc1cc(OC)c(C=C(C#N)S(=O)(=O)Cc2ccc(F)cc2)c(OC)c1. The molecule has 8 heteroatoms. The summed E-state index contributed by atoms with van der Waals surface area (Å²) in [5.74, 6) is 0.119. The maximum atomic E-state index is 13.0. The Kier molecular flexibility index (Phi) is 6.42. The van der Waals surface area contributed by atoms with Crippen molar-refractivity contribution in [3.8, 4) is 23.3 Å². The Bertz CT molecular complexity index is 967. The molecular weight excluding hydrogens is 373 g/mol. The van der Waals surface area contributed by atoms with Gasteiger partial charge in [-0.2, -0.15) is 5.26 Å². The molecule has 0 fully saturated rings. The first kappa shape index (κ1) is 20.3. The van der Waals surface area contributed by atoms with Crippen LogP contribution in [0.25, 0.3) is 6.08 Å². The van der Waals surface area contributed by atoms with E-state index in [2.05, 4.69) is 0 Å². The molecule has 0 atom stereocenters. The van der Waals surface area contributed by atoms with E-state index in [4.69, 9.17) is 14.2 Å². The number of rotatable bonds is 7.